The number of hydrogen-bond acceptors (Lipinski definition) is 3. The summed E-state index contributed by atoms with van der Waals surface area (Å²) in [6.45, 7) is 0. The molecule has 148 valence electrons. The highest BCUT2D eigenvalue weighted by Crippen LogP contribution is 2.36. The van der Waals surface area contributed by atoms with Gasteiger partial charge in [-0.25, -0.2) is 0 Å². The molecule has 0 aliphatic heterocycles. The average Bonchev–Trinajstić information content (AvgIpc) is 2.52. The third-order valence-corrected chi connectivity index (χ3v) is 3.47. The van der Waals surface area contributed by atoms with E-state index in [4.69, 9.17) is 11.0 Å². The van der Waals surface area contributed by atoms with Crippen molar-refractivity contribution < 1.29 is 35.9 Å². The molecule has 1 aromatic rings. The van der Waals surface area contributed by atoms with Crippen LogP contribution in [-0.4, -0.2) is 17.9 Å². The van der Waals surface area contributed by atoms with Gasteiger partial charge in [-0.2, -0.15) is 31.6 Å². The van der Waals surface area contributed by atoms with Crippen LogP contribution in [0.1, 0.15) is 36.0 Å². The SMILES string of the molecule is N#CCCC[C@@H](NC(=O)Cc1cc(C(F)(F)F)cc(C(F)(F)F)c1)C(N)=O. The molecular weight excluding hydrogens is 380 g/mol. The molecule has 0 unspecified atom stereocenters. The monoisotopic (exact) mass is 395 g/mol. The molecule has 0 radical (unpaired) electrons. The molecule has 0 saturated carbocycles. The average molecular weight is 395 g/mol. The van der Waals surface area contributed by atoms with Crippen molar-refractivity contribution in [2.75, 3.05) is 0 Å². The maximum atomic E-state index is 12.8. The molecule has 11 heteroatoms. The van der Waals surface area contributed by atoms with Gasteiger partial charge >= 0.3 is 12.4 Å². The van der Waals surface area contributed by atoms with Gasteiger partial charge in [-0.15, -0.1) is 0 Å². The zero-order valence-corrected chi connectivity index (χ0v) is 13.7. The Kier molecular flexibility index (Phi) is 7.21. The van der Waals surface area contributed by atoms with Crippen molar-refractivity contribution in [3.63, 3.8) is 0 Å². The van der Waals surface area contributed by atoms with Gasteiger partial charge in [0, 0.05) is 6.42 Å². The van der Waals surface area contributed by atoms with Gasteiger partial charge < -0.3 is 11.1 Å². The van der Waals surface area contributed by atoms with Crippen LogP contribution in [-0.2, 0) is 28.4 Å². The highest BCUT2D eigenvalue weighted by Gasteiger charge is 2.37. The summed E-state index contributed by atoms with van der Waals surface area (Å²) in [5.41, 5.74) is 1.49. The summed E-state index contributed by atoms with van der Waals surface area (Å²) in [5, 5.41) is 10.6. The Morgan fingerprint density at radius 2 is 1.59 bits per heavy atom. The van der Waals surface area contributed by atoms with E-state index >= 15 is 0 Å². The van der Waals surface area contributed by atoms with E-state index in [-0.39, 0.29) is 25.3 Å². The van der Waals surface area contributed by atoms with Crippen LogP contribution in [0.5, 0.6) is 0 Å². The first-order chi connectivity index (χ1) is 12.3. The molecule has 0 aliphatic rings. The molecule has 0 saturated heterocycles. The predicted octanol–water partition coefficient (Wildman–Crippen LogP) is 2.93. The number of halogens is 6. The topological polar surface area (TPSA) is 96.0 Å². The molecule has 1 atom stereocenters. The van der Waals surface area contributed by atoms with E-state index in [9.17, 15) is 35.9 Å². The maximum Gasteiger partial charge on any atom is 0.416 e. The van der Waals surface area contributed by atoms with Crippen LogP contribution >= 0.6 is 0 Å². The zero-order valence-electron chi connectivity index (χ0n) is 13.7. The third-order valence-electron chi connectivity index (χ3n) is 3.47. The standard InChI is InChI=1S/C16H15F6N3O2/c17-15(18,19)10-5-9(6-11(8-10)16(20,21)22)7-13(26)25-12(14(24)27)3-1-2-4-23/h5-6,8,12H,1-3,7H2,(H2,24,27)(H,25,26)/t12-/m1/s1. The lowest BCUT2D eigenvalue weighted by Gasteiger charge is -2.16. The second-order valence-corrected chi connectivity index (χ2v) is 5.66. The lowest BCUT2D eigenvalue weighted by Crippen LogP contribution is -2.45. The number of carbonyl (C=O) groups is 2. The van der Waals surface area contributed by atoms with Crippen molar-refractivity contribution in [2.24, 2.45) is 5.73 Å². The summed E-state index contributed by atoms with van der Waals surface area (Å²) in [4.78, 5) is 23.2. The smallest absolute Gasteiger partial charge is 0.368 e. The number of nitrogens with zero attached hydrogens (tertiary/aromatic N) is 1. The van der Waals surface area contributed by atoms with Crippen molar-refractivity contribution in [1.29, 1.82) is 5.26 Å². The normalized spacial score (nSPS) is 12.9. The fourth-order valence-corrected chi connectivity index (χ4v) is 2.22. The van der Waals surface area contributed by atoms with Crippen LogP contribution in [0.15, 0.2) is 18.2 Å². The lowest BCUT2D eigenvalue weighted by atomic mass is 10.0. The molecule has 1 aromatic carbocycles. The molecule has 1 rings (SSSR count). The molecule has 2 amide bonds. The number of nitrogens with one attached hydrogen (secondary N) is 1. The molecular formula is C16H15F6N3O2. The summed E-state index contributed by atoms with van der Waals surface area (Å²) in [6, 6.07) is 1.46. The van der Waals surface area contributed by atoms with Gasteiger partial charge in [0.05, 0.1) is 23.6 Å². The largest absolute Gasteiger partial charge is 0.416 e. The minimum atomic E-state index is -5.03. The van der Waals surface area contributed by atoms with Crippen molar-refractivity contribution in [2.45, 2.75) is 44.1 Å². The Bertz CT molecular complexity index is 705. The summed E-state index contributed by atoms with van der Waals surface area (Å²) >= 11 is 0. The van der Waals surface area contributed by atoms with E-state index in [0.717, 1.165) is 0 Å². The van der Waals surface area contributed by atoms with Gasteiger partial charge in [-0.1, -0.05) is 0 Å². The fraction of sp³-hybridized carbons (Fsp3) is 0.438. The van der Waals surface area contributed by atoms with Gasteiger partial charge in [0.25, 0.3) is 0 Å². The minimum absolute atomic E-state index is 0.0189. The highest BCUT2D eigenvalue weighted by atomic mass is 19.4. The Morgan fingerprint density at radius 1 is 1.07 bits per heavy atom. The van der Waals surface area contributed by atoms with Gasteiger partial charge in [0.1, 0.15) is 6.04 Å². The van der Waals surface area contributed by atoms with Gasteiger partial charge in [-0.05, 0) is 36.6 Å². The maximum absolute atomic E-state index is 12.8. The Balaban J connectivity index is 3.00. The first-order valence-electron chi connectivity index (χ1n) is 7.58. The summed E-state index contributed by atoms with van der Waals surface area (Å²) in [5.74, 6) is -1.90. The third kappa shape index (κ3) is 7.16. The number of nitriles is 1. The van der Waals surface area contributed by atoms with Crippen LogP contribution in [0, 0.1) is 11.3 Å². The zero-order chi connectivity index (χ0) is 20.8. The van der Waals surface area contributed by atoms with Gasteiger partial charge in [0.15, 0.2) is 0 Å². The van der Waals surface area contributed by atoms with Crippen molar-refractivity contribution >= 4 is 11.8 Å². The van der Waals surface area contributed by atoms with E-state index in [1.807, 2.05) is 6.07 Å². The number of nitrogens with two attached hydrogens (primary N) is 1. The lowest BCUT2D eigenvalue weighted by molar-refractivity contribution is -0.143. The van der Waals surface area contributed by atoms with Gasteiger partial charge in [0.2, 0.25) is 11.8 Å². The van der Waals surface area contributed by atoms with Crippen LogP contribution in [0.3, 0.4) is 0 Å². The molecule has 0 bridgehead atoms. The van der Waals surface area contributed by atoms with Crippen LogP contribution in [0.25, 0.3) is 0 Å². The summed E-state index contributed by atoms with van der Waals surface area (Å²) < 4.78 is 76.8. The molecule has 0 fully saturated rings. The van der Waals surface area contributed by atoms with Crippen LogP contribution in [0.2, 0.25) is 0 Å². The fourth-order valence-electron chi connectivity index (χ4n) is 2.22. The molecule has 0 aliphatic carbocycles. The number of alkyl halides is 6. The van der Waals surface area contributed by atoms with E-state index in [0.29, 0.717) is 12.1 Å². The predicted molar refractivity (Wildman–Crippen MR) is 80.7 cm³/mol. The first kappa shape index (κ1) is 22.3. The summed E-state index contributed by atoms with van der Waals surface area (Å²) in [7, 11) is 0. The second kappa shape index (κ2) is 8.75. The van der Waals surface area contributed by atoms with Gasteiger partial charge in [-0.3, -0.25) is 9.59 Å². The first-order valence-corrected chi connectivity index (χ1v) is 7.58. The molecule has 0 aromatic heterocycles. The number of carbonyl (C=O) groups excluding carboxylic acids is 2. The minimum Gasteiger partial charge on any atom is -0.368 e. The molecule has 0 heterocycles. The number of hydrogen-bond donors (Lipinski definition) is 2. The Labute approximate surface area is 150 Å². The van der Waals surface area contributed by atoms with Crippen LogP contribution < -0.4 is 11.1 Å². The number of unbranched alkanes of at least 4 members (excludes halogenated alkanes) is 1. The second-order valence-electron chi connectivity index (χ2n) is 5.66. The molecule has 5 nitrogen and oxygen atoms in total. The number of primary amides is 1. The quantitative estimate of drug-likeness (QED) is 0.549. The molecule has 0 spiro atoms. The van der Waals surface area contributed by atoms with Crippen molar-refractivity contribution in [3.05, 3.63) is 34.9 Å². The highest BCUT2D eigenvalue weighted by molar-refractivity contribution is 5.87. The molecule has 3 N–H and O–H groups in total. The molecule has 27 heavy (non-hydrogen) atoms. The van der Waals surface area contributed by atoms with E-state index < -0.39 is 53.3 Å². The van der Waals surface area contributed by atoms with E-state index in [1.54, 1.807) is 0 Å². The van der Waals surface area contributed by atoms with E-state index in [2.05, 4.69) is 5.32 Å². The number of benzene rings is 1. The number of amides is 2. The number of rotatable bonds is 7. The summed E-state index contributed by atoms with van der Waals surface area (Å²) in [6.07, 6.45) is -10.5. The van der Waals surface area contributed by atoms with Crippen molar-refractivity contribution in [3.8, 4) is 6.07 Å². The Hall–Kier alpha value is -2.77. The Morgan fingerprint density at radius 3 is 2.00 bits per heavy atom. The van der Waals surface area contributed by atoms with E-state index in [1.165, 1.54) is 0 Å². The van der Waals surface area contributed by atoms with Crippen LogP contribution in [0.4, 0.5) is 26.3 Å². The van der Waals surface area contributed by atoms with Crippen molar-refractivity contribution in [1.82, 2.24) is 5.32 Å².